The van der Waals surface area contributed by atoms with Gasteiger partial charge in [-0.25, -0.2) is 0 Å². The summed E-state index contributed by atoms with van der Waals surface area (Å²) in [7, 11) is 0. The van der Waals surface area contributed by atoms with Crippen LogP contribution in [0.15, 0.2) is 12.1 Å². The molecule has 0 bridgehead atoms. The minimum Gasteiger partial charge on any atom is -0.330 e. The molecule has 0 atom stereocenters. The zero-order chi connectivity index (χ0) is 9.84. The first-order chi connectivity index (χ1) is 6.15. The Kier molecular flexibility index (Phi) is 3.76. The second kappa shape index (κ2) is 4.64. The summed E-state index contributed by atoms with van der Waals surface area (Å²) in [5.41, 5.74) is 9.18. The molecule has 0 aromatic heterocycles. The molecule has 2 N–H and O–H groups in total. The summed E-state index contributed by atoms with van der Waals surface area (Å²) in [4.78, 5) is 0. The van der Waals surface area contributed by atoms with E-state index in [1.165, 1.54) is 16.7 Å². The van der Waals surface area contributed by atoms with Crippen LogP contribution in [0.1, 0.15) is 23.1 Å². The predicted octanol–water partition coefficient (Wildman–Crippen LogP) is 2.85. The van der Waals surface area contributed by atoms with Gasteiger partial charge in [-0.3, -0.25) is 0 Å². The van der Waals surface area contributed by atoms with E-state index in [0.29, 0.717) is 0 Å². The molecule has 0 aliphatic heterocycles. The highest BCUT2D eigenvalue weighted by atomic mass is 35.5. The molecule has 0 amide bonds. The van der Waals surface area contributed by atoms with E-state index in [4.69, 9.17) is 17.3 Å². The second-order valence-corrected chi connectivity index (χ2v) is 3.82. The Labute approximate surface area is 84.9 Å². The molecule has 1 aromatic rings. The van der Waals surface area contributed by atoms with Crippen molar-refractivity contribution >= 4 is 11.6 Å². The quantitative estimate of drug-likeness (QED) is 0.793. The molecule has 0 spiro atoms. The molecular weight excluding hydrogens is 182 g/mol. The molecule has 72 valence electrons. The Hall–Kier alpha value is -0.530. The van der Waals surface area contributed by atoms with Crippen LogP contribution in [0.5, 0.6) is 0 Å². The summed E-state index contributed by atoms with van der Waals surface area (Å²) in [5, 5.41) is 0.868. The average Bonchev–Trinajstić information content (AvgIpc) is 2.10. The van der Waals surface area contributed by atoms with E-state index < -0.39 is 0 Å². The molecule has 0 heterocycles. The van der Waals surface area contributed by atoms with E-state index >= 15 is 0 Å². The molecule has 13 heavy (non-hydrogen) atoms. The maximum absolute atomic E-state index is 6.07. The molecule has 2 heteroatoms. The molecule has 0 aliphatic carbocycles. The van der Waals surface area contributed by atoms with Crippen LogP contribution in [0.4, 0.5) is 0 Å². The van der Waals surface area contributed by atoms with Gasteiger partial charge in [0.25, 0.3) is 0 Å². The first kappa shape index (κ1) is 10.6. The van der Waals surface area contributed by atoms with Crippen LogP contribution in [0.3, 0.4) is 0 Å². The van der Waals surface area contributed by atoms with Gasteiger partial charge in [-0.2, -0.15) is 0 Å². The van der Waals surface area contributed by atoms with Crippen LogP contribution in [-0.2, 0) is 6.42 Å². The van der Waals surface area contributed by atoms with Gasteiger partial charge in [0.15, 0.2) is 0 Å². The van der Waals surface area contributed by atoms with Gasteiger partial charge in [0, 0.05) is 5.02 Å². The lowest BCUT2D eigenvalue weighted by atomic mass is 10.0. The largest absolute Gasteiger partial charge is 0.330 e. The lowest BCUT2D eigenvalue weighted by molar-refractivity contribution is 0.831. The molecule has 1 nitrogen and oxygen atoms in total. The summed E-state index contributed by atoms with van der Waals surface area (Å²) in [5.74, 6) is 0. The molecule has 1 aromatic carbocycles. The maximum Gasteiger partial charge on any atom is 0.0440 e. The number of rotatable bonds is 3. The highest BCUT2D eigenvalue weighted by molar-refractivity contribution is 6.31. The summed E-state index contributed by atoms with van der Waals surface area (Å²) in [6, 6.07) is 4.23. The highest BCUT2D eigenvalue weighted by Gasteiger charge is 2.01. The third kappa shape index (κ3) is 2.71. The second-order valence-electron chi connectivity index (χ2n) is 3.41. The van der Waals surface area contributed by atoms with E-state index in [9.17, 15) is 0 Å². The van der Waals surface area contributed by atoms with Crippen LogP contribution in [0, 0.1) is 13.8 Å². The van der Waals surface area contributed by atoms with E-state index in [2.05, 4.69) is 13.0 Å². The zero-order valence-electron chi connectivity index (χ0n) is 8.23. The van der Waals surface area contributed by atoms with Crippen molar-refractivity contribution < 1.29 is 0 Å². The molecule has 0 saturated heterocycles. The fourth-order valence-electron chi connectivity index (χ4n) is 1.34. The standard InChI is InChI=1S/C11H16ClN/c1-8-6-10(4-3-5-13)7-11(12)9(8)2/h6-7H,3-5,13H2,1-2H3. The molecule has 0 saturated carbocycles. The fourth-order valence-corrected chi connectivity index (χ4v) is 1.63. The number of halogens is 1. The van der Waals surface area contributed by atoms with Gasteiger partial charge < -0.3 is 5.73 Å². The van der Waals surface area contributed by atoms with Crippen molar-refractivity contribution in [3.05, 3.63) is 33.8 Å². The Morgan fingerprint density at radius 1 is 1.31 bits per heavy atom. The van der Waals surface area contributed by atoms with Crippen molar-refractivity contribution in [1.82, 2.24) is 0 Å². The fraction of sp³-hybridized carbons (Fsp3) is 0.455. The van der Waals surface area contributed by atoms with Crippen molar-refractivity contribution in [2.45, 2.75) is 26.7 Å². The van der Waals surface area contributed by atoms with E-state index in [0.717, 1.165) is 24.4 Å². The van der Waals surface area contributed by atoms with Crippen molar-refractivity contribution in [3.63, 3.8) is 0 Å². The first-order valence-electron chi connectivity index (χ1n) is 4.61. The maximum atomic E-state index is 6.07. The van der Waals surface area contributed by atoms with Crippen molar-refractivity contribution in [2.75, 3.05) is 6.54 Å². The summed E-state index contributed by atoms with van der Waals surface area (Å²) in [6.45, 7) is 4.88. The third-order valence-electron chi connectivity index (χ3n) is 2.33. The topological polar surface area (TPSA) is 26.0 Å². The Morgan fingerprint density at radius 2 is 2.00 bits per heavy atom. The van der Waals surface area contributed by atoms with Crippen LogP contribution in [0.25, 0.3) is 0 Å². The SMILES string of the molecule is Cc1cc(CCCN)cc(Cl)c1C. The monoisotopic (exact) mass is 197 g/mol. The van der Waals surface area contributed by atoms with Crippen LogP contribution in [0.2, 0.25) is 5.02 Å². The Morgan fingerprint density at radius 3 is 2.54 bits per heavy atom. The minimum atomic E-state index is 0.741. The number of benzene rings is 1. The lowest BCUT2D eigenvalue weighted by Crippen LogP contribution is -2.00. The molecule has 0 aliphatic rings. The van der Waals surface area contributed by atoms with Crippen molar-refractivity contribution in [1.29, 1.82) is 0 Å². The van der Waals surface area contributed by atoms with E-state index in [1.54, 1.807) is 0 Å². The van der Waals surface area contributed by atoms with Gasteiger partial charge in [0.05, 0.1) is 0 Å². The minimum absolute atomic E-state index is 0.741. The third-order valence-corrected chi connectivity index (χ3v) is 2.73. The zero-order valence-corrected chi connectivity index (χ0v) is 8.99. The highest BCUT2D eigenvalue weighted by Crippen LogP contribution is 2.21. The van der Waals surface area contributed by atoms with Crippen LogP contribution >= 0.6 is 11.6 Å². The molecule has 0 fully saturated rings. The first-order valence-corrected chi connectivity index (χ1v) is 4.98. The van der Waals surface area contributed by atoms with Gasteiger partial charge in [-0.05, 0) is 56.0 Å². The van der Waals surface area contributed by atoms with Gasteiger partial charge >= 0.3 is 0 Å². The summed E-state index contributed by atoms with van der Waals surface area (Å²) >= 11 is 6.07. The van der Waals surface area contributed by atoms with Gasteiger partial charge in [-0.1, -0.05) is 17.7 Å². The normalized spacial score (nSPS) is 10.5. The smallest absolute Gasteiger partial charge is 0.0440 e. The van der Waals surface area contributed by atoms with Gasteiger partial charge in [0.1, 0.15) is 0 Å². The van der Waals surface area contributed by atoms with Crippen LogP contribution < -0.4 is 5.73 Å². The predicted molar refractivity (Wildman–Crippen MR) is 58.3 cm³/mol. The molecule has 1 rings (SSSR count). The number of aryl methyl sites for hydroxylation is 2. The summed E-state index contributed by atoms with van der Waals surface area (Å²) < 4.78 is 0. The Balaban J connectivity index is 2.86. The number of nitrogens with two attached hydrogens (primary N) is 1. The molecular formula is C11H16ClN. The van der Waals surface area contributed by atoms with Gasteiger partial charge in [0.2, 0.25) is 0 Å². The summed E-state index contributed by atoms with van der Waals surface area (Å²) in [6.07, 6.45) is 2.05. The van der Waals surface area contributed by atoms with E-state index in [-0.39, 0.29) is 0 Å². The molecule has 0 unspecified atom stereocenters. The van der Waals surface area contributed by atoms with E-state index in [1.807, 2.05) is 13.0 Å². The Bertz CT molecular complexity index is 271. The lowest BCUT2D eigenvalue weighted by Gasteiger charge is -2.06. The number of hydrogen-bond donors (Lipinski definition) is 1. The average molecular weight is 198 g/mol. The van der Waals surface area contributed by atoms with Crippen LogP contribution in [-0.4, -0.2) is 6.54 Å². The molecule has 0 radical (unpaired) electrons. The van der Waals surface area contributed by atoms with Crippen molar-refractivity contribution in [2.24, 2.45) is 5.73 Å². The number of hydrogen-bond acceptors (Lipinski definition) is 1. The van der Waals surface area contributed by atoms with Crippen molar-refractivity contribution in [3.8, 4) is 0 Å². The van der Waals surface area contributed by atoms with Gasteiger partial charge in [-0.15, -0.1) is 0 Å².